The van der Waals surface area contributed by atoms with Crippen LogP contribution in [0.2, 0.25) is 0 Å². The third-order valence-electron chi connectivity index (χ3n) is 2.00. The molecule has 1 aliphatic rings. The Balaban J connectivity index is 3.41. The molecular formula is C5H4F6O2S. The Morgan fingerprint density at radius 3 is 1.71 bits per heavy atom. The summed E-state index contributed by atoms with van der Waals surface area (Å²) in [5.74, 6) is 0. The van der Waals surface area contributed by atoms with Gasteiger partial charge in [0.05, 0.1) is 0 Å². The zero-order chi connectivity index (χ0) is 11.4. The highest BCUT2D eigenvalue weighted by Gasteiger charge is 2.79. The molecule has 0 aliphatic carbocycles. The van der Waals surface area contributed by atoms with E-state index in [1.807, 2.05) is 0 Å². The van der Waals surface area contributed by atoms with Gasteiger partial charge in [-0.2, -0.15) is 8.78 Å². The second-order valence-corrected chi connectivity index (χ2v) is 4.86. The van der Waals surface area contributed by atoms with Crippen molar-refractivity contribution in [3.63, 3.8) is 0 Å². The predicted octanol–water partition coefficient (Wildman–Crippen LogP) is 1.32. The van der Waals surface area contributed by atoms with Gasteiger partial charge in [0.15, 0.2) is 6.17 Å². The lowest BCUT2D eigenvalue weighted by Gasteiger charge is -2.22. The maximum Gasteiger partial charge on any atom is 0.387 e. The van der Waals surface area contributed by atoms with Crippen LogP contribution in [-0.2, 0) is 9.84 Å². The molecule has 84 valence electrons. The third-order valence-corrected chi connectivity index (χ3v) is 3.89. The van der Waals surface area contributed by atoms with E-state index in [1.165, 1.54) is 0 Å². The normalized spacial score (nSPS) is 45.3. The van der Waals surface area contributed by atoms with Crippen LogP contribution < -0.4 is 0 Å². The van der Waals surface area contributed by atoms with Gasteiger partial charge in [-0.25, -0.2) is 26.0 Å². The smallest absolute Gasteiger partial charge is 0.247 e. The van der Waals surface area contributed by atoms with Crippen LogP contribution in [0, 0.1) is 0 Å². The second-order valence-electron chi connectivity index (χ2n) is 2.81. The molecule has 1 saturated heterocycles. The Morgan fingerprint density at radius 2 is 1.57 bits per heavy atom. The van der Waals surface area contributed by atoms with E-state index < -0.39 is 39.1 Å². The molecule has 0 amide bonds. The molecule has 1 fully saturated rings. The van der Waals surface area contributed by atoms with Crippen molar-refractivity contribution in [1.29, 1.82) is 0 Å². The first-order valence-electron chi connectivity index (χ1n) is 3.27. The molecule has 0 bridgehead atoms. The molecule has 9 heteroatoms. The van der Waals surface area contributed by atoms with E-state index in [1.54, 1.807) is 0 Å². The van der Waals surface area contributed by atoms with E-state index in [4.69, 9.17) is 0 Å². The van der Waals surface area contributed by atoms with E-state index >= 15 is 0 Å². The van der Waals surface area contributed by atoms with Gasteiger partial charge in [-0.15, -0.1) is 0 Å². The van der Waals surface area contributed by atoms with Crippen molar-refractivity contribution in [2.24, 2.45) is 0 Å². The Bertz CT molecular complexity index is 340. The van der Waals surface area contributed by atoms with Crippen LogP contribution in [0.4, 0.5) is 26.3 Å². The van der Waals surface area contributed by atoms with Gasteiger partial charge in [0, 0.05) is 0 Å². The minimum atomic E-state index is -5.96. The first-order valence-corrected chi connectivity index (χ1v) is 4.82. The summed E-state index contributed by atoms with van der Waals surface area (Å²) in [6.07, 6.45) is -3.72. The number of rotatable bonds is 1. The summed E-state index contributed by atoms with van der Waals surface area (Å²) < 4.78 is 95.6. The highest BCUT2D eigenvalue weighted by molar-refractivity contribution is 7.93. The van der Waals surface area contributed by atoms with E-state index in [0.717, 1.165) is 0 Å². The molecule has 0 aromatic carbocycles. The molecule has 3 unspecified atom stereocenters. The zero-order valence-corrected chi connectivity index (χ0v) is 7.17. The number of alkyl halides is 6. The lowest BCUT2D eigenvalue weighted by atomic mass is 10.0. The summed E-state index contributed by atoms with van der Waals surface area (Å²) in [7, 11) is -5.96. The molecule has 2 nitrogen and oxygen atoms in total. The maximum atomic E-state index is 12.8. The Kier molecular flexibility index (Phi) is 2.29. The molecule has 14 heavy (non-hydrogen) atoms. The van der Waals surface area contributed by atoms with E-state index in [2.05, 4.69) is 0 Å². The number of hydrogen-bond donors (Lipinski definition) is 0. The molecule has 0 aromatic heterocycles. The van der Waals surface area contributed by atoms with E-state index in [0.29, 0.717) is 0 Å². The summed E-state index contributed by atoms with van der Waals surface area (Å²) in [6, 6.07) is 0. The fourth-order valence-electron chi connectivity index (χ4n) is 1.05. The molecule has 0 aromatic rings. The number of sulfone groups is 1. The molecule has 0 N–H and O–H groups in total. The van der Waals surface area contributed by atoms with Crippen LogP contribution in [0.15, 0.2) is 0 Å². The van der Waals surface area contributed by atoms with Gasteiger partial charge < -0.3 is 0 Å². The minimum Gasteiger partial charge on any atom is -0.247 e. The van der Waals surface area contributed by atoms with Crippen LogP contribution >= 0.6 is 0 Å². The van der Waals surface area contributed by atoms with Gasteiger partial charge in [0.2, 0.25) is 5.50 Å². The van der Waals surface area contributed by atoms with Crippen molar-refractivity contribution in [1.82, 2.24) is 0 Å². The van der Waals surface area contributed by atoms with Crippen LogP contribution in [0.3, 0.4) is 0 Å². The monoisotopic (exact) mass is 242 g/mol. The molecule has 3 atom stereocenters. The summed E-state index contributed by atoms with van der Waals surface area (Å²) in [6.45, 7) is -2.61. The summed E-state index contributed by atoms with van der Waals surface area (Å²) in [5, 5.41) is -5.38. The molecule has 0 radical (unpaired) electrons. The summed E-state index contributed by atoms with van der Waals surface area (Å²) in [4.78, 5) is 0. The van der Waals surface area contributed by atoms with Crippen molar-refractivity contribution in [3.05, 3.63) is 0 Å². The summed E-state index contributed by atoms with van der Waals surface area (Å²) in [5.41, 5.74) is -8.37. The molecule has 1 heterocycles. The first kappa shape index (κ1) is 11.6. The van der Waals surface area contributed by atoms with E-state index in [9.17, 15) is 34.8 Å². The van der Waals surface area contributed by atoms with Gasteiger partial charge in [-0.05, 0) is 0 Å². The zero-order valence-electron chi connectivity index (χ0n) is 6.35. The van der Waals surface area contributed by atoms with Crippen molar-refractivity contribution < 1.29 is 34.8 Å². The fourth-order valence-corrected chi connectivity index (χ4v) is 2.51. The highest BCUT2D eigenvalue weighted by atomic mass is 32.2. The average Bonchev–Trinajstić information content (AvgIpc) is 2.19. The molecule has 0 saturated carbocycles. The largest absolute Gasteiger partial charge is 0.387 e. The Labute approximate surface area is 74.8 Å². The van der Waals surface area contributed by atoms with Crippen LogP contribution in [0.5, 0.6) is 0 Å². The molecule has 1 aliphatic heterocycles. The number of halogens is 6. The van der Waals surface area contributed by atoms with Crippen LogP contribution in [0.1, 0.15) is 0 Å². The van der Waals surface area contributed by atoms with Gasteiger partial charge in [0.25, 0.3) is 15.5 Å². The van der Waals surface area contributed by atoms with Crippen molar-refractivity contribution in [2.75, 3.05) is 6.67 Å². The van der Waals surface area contributed by atoms with E-state index in [-0.39, 0.29) is 0 Å². The van der Waals surface area contributed by atoms with Crippen LogP contribution in [-0.4, -0.2) is 37.7 Å². The quantitative estimate of drug-likeness (QED) is 0.650. The minimum absolute atomic E-state index is 2.61. The van der Waals surface area contributed by atoms with Gasteiger partial charge in [0.1, 0.15) is 6.67 Å². The van der Waals surface area contributed by atoms with Crippen molar-refractivity contribution in [3.8, 4) is 0 Å². The van der Waals surface area contributed by atoms with Crippen molar-refractivity contribution >= 4 is 9.84 Å². The lowest BCUT2D eigenvalue weighted by Crippen LogP contribution is -2.49. The Hall–Kier alpha value is -0.470. The summed E-state index contributed by atoms with van der Waals surface area (Å²) >= 11 is 0. The van der Waals surface area contributed by atoms with Crippen LogP contribution in [0.25, 0.3) is 0 Å². The standard InChI is InChI=1S/C5H4F6O2S/c6-1-4(9)2(7)3(8)14(12,13)5(4,10)11/h2-3H,1H2. The van der Waals surface area contributed by atoms with Gasteiger partial charge in [-0.3, -0.25) is 0 Å². The SMILES string of the molecule is O=S1(=O)C(F)C(F)C(F)(CF)C1(F)F. The third kappa shape index (κ3) is 0.958. The lowest BCUT2D eigenvalue weighted by molar-refractivity contribution is -0.112. The molecule has 1 rings (SSSR count). The second kappa shape index (κ2) is 2.77. The highest BCUT2D eigenvalue weighted by Crippen LogP contribution is 2.52. The topological polar surface area (TPSA) is 34.1 Å². The maximum absolute atomic E-state index is 12.8. The van der Waals surface area contributed by atoms with Gasteiger partial charge >= 0.3 is 5.25 Å². The molecular weight excluding hydrogens is 238 g/mol. The fraction of sp³-hybridized carbons (Fsp3) is 1.00. The van der Waals surface area contributed by atoms with Gasteiger partial charge in [-0.1, -0.05) is 0 Å². The molecule has 0 spiro atoms. The first-order chi connectivity index (χ1) is 6.13. The number of hydrogen-bond acceptors (Lipinski definition) is 2. The average molecular weight is 242 g/mol. The Morgan fingerprint density at radius 1 is 1.14 bits per heavy atom. The predicted molar refractivity (Wildman–Crippen MR) is 33.5 cm³/mol. The van der Waals surface area contributed by atoms with Crippen molar-refractivity contribution in [2.45, 2.75) is 22.6 Å².